The Hall–Kier alpha value is -2.58. The van der Waals surface area contributed by atoms with E-state index in [9.17, 15) is 14.9 Å². The zero-order valence-electron chi connectivity index (χ0n) is 17.4. The maximum Gasteiger partial charge on any atom is 0.343 e. The number of carbonyl (C=O) groups is 2. The number of benzene rings is 2. The first-order valence-corrected chi connectivity index (χ1v) is 11.7. The molecule has 3 rings (SSSR count). The fourth-order valence-corrected chi connectivity index (χ4v) is 5.04. The minimum absolute atomic E-state index is 0.0732. The number of esters is 1. The summed E-state index contributed by atoms with van der Waals surface area (Å²) in [5.74, 6) is -0.270. The molecule has 0 aromatic heterocycles. The molecule has 9 heteroatoms. The highest BCUT2D eigenvalue weighted by atomic mass is 127. The maximum absolute atomic E-state index is 13.0. The number of hydrogen-bond acceptors (Lipinski definition) is 6. The van der Waals surface area contributed by atoms with Gasteiger partial charge in [-0.25, -0.2) is 4.79 Å². The molecule has 166 valence electrons. The number of carbonyl (C=O) groups excluding carboxylic acids is 2. The number of hydrogen-bond donors (Lipinski definition) is 0. The highest BCUT2D eigenvalue weighted by Crippen LogP contribution is 2.33. The Morgan fingerprint density at radius 1 is 1.19 bits per heavy atom. The van der Waals surface area contributed by atoms with Crippen LogP contribution >= 0.6 is 38.5 Å². The predicted molar refractivity (Wildman–Crippen MR) is 133 cm³/mol. The lowest BCUT2D eigenvalue weighted by atomic mass is 10.1. The summed E-state index contributed by atoms with van der Waals surface area (Å²) in [5, 5.41) is 9.62. The number of nitrogens with zero attached hydrogens (tertiary/aromatic N) is 3. The highest BCUT2D eigenvalue weighted by Gasteiger charge is 2.24. The Morgan fingerprint density at radius 2 is 1.88 bits per heavy atom. The summed E-state index contributed by atoms with van der Waals surface area (Å²) in [5.41, 5.74) is 1.88. The van der Waals surface area contributed by atoms with Crippen LogP contribution in [0, 0.1) is 14.9 Å². The third kappa shape index (κ3) is 6.01. The van der Waals surface area contributed by atoms with Gasteiger partial charge in [-0.2, -0.15) is 5.26 Å². The molecule has 0 unspecified atom stereocenters. The number of rotatable bonds is 6. The molecule has 32 heavy (non-hydrogen) atoms. The molecule has 0 N–H and O–H groups in total. The zero-order chi connectivity index (χ0) is 23.1. The number of amides is 1. The Bertz CT molecular complexity index is 1040. The van der Waals surface area contributed by atoms with E-state index >= 15 is 0 Å². The first kappa shape index (κ1) is 24.1. The molecule has 2 aromatic carbocycles. The van der Waals surface area contributed by atoms with Crippen LogP contribution in [0.25, 0.3) is 6.08 Å². The van der Waals surface area contributed by atoms with E-state index in [1.54, 1.807) is 23.1 Å². The Balaban J connectivity index is 1.70. The van der Waals surface area contributed by atoms with Crippen LogP contribution in [0.5, 0.6) is 5.75 Å². The number of anilines is 1. The number of methoxy groups -OCH3 is 1. The number of nitriles is 1. The van der Waals surface area contributed by atoms with E-state index in [-0.39, 0.29) is 18.1 Å². The van der Waals surface area contributed by atoms with Gasteiger partial charge >= 0.3 is 5.97 Å². The van der Waals surface area contributed by atoms with Crippen molar-refractivity contribution in [2.45, 2.75) is 0 Å². The van der Waals surface area contributed by atoms with Crippen molar-refractivity contribution < 1.29 is 19.1 Å². The molecule has 1 aliphatic heterocycles. The standard InChI is InChI=1S/C23H21BrIN3O4/c1-31-21(29)15-32-22-19(24)12-16(13-20(22)25)11-17(14-26)23(30)28-9-7-27(8-10-28)18-5-3-2-4-6-18/h2-6,11-13H,7-10,15H2,1H3/b17-11-. The molecule has 0 bridgehead atoms. The van der Waals surface area contributed by atoms with Gasteiger partial charge in [-0.3, -0.25) is 4.79 Å². The van der Waals surface area contributed by atoms with Crippen LogP contribution in [-0.4, -0.2) is 56.7 Å². The van der Waals surface area contributed by atoms with E-state index in [4.69, 9.17) is 4.74 Å². The van der Waals surface area contributed by atoms with Gasteiger partial charge in [0.2, 0.25) is 0 Å². The number of halogens is 2. The molecule has 0 aliphatic carbocycles. The number of para-hydroxylation sites is 1. The second-order valence-electron chi connectivity index (χ2n) is 6.96. The predicted octanol–water partition coefficient (Wildman–Crippen LogP) is 3.86. The average molecular weight is 610 g/mol. The van der Waals surface area contributed by atoms with Crippen LogP contribution in [-0.2, 0) is 14.3 Å². The van der Waals surface area contributed by atoms with Gasteiger partial charge in [0.15, 0.2) is 6.61 Å². The molecule has 2 aromatic rings. The van der Waals surface area contributed by atoms with E-state index < -0.39 is 5.97 Å². The van der Waals surface area contributed by atoms with Crippen LogP contribution in [0.4, 0.5) is 5.69 Å². The summed E-state index contributed by atoms with van der Waals surface area (Å²) in [7, 11) is 1.29. The van der Waals surface area contributed by atoms with Crippen LogP contribution in [0.15, 0.2) is 52.5 Å². The van der Waals surface area contributed by atoms with Crippen molar-refractivity contribution in [3.63, 3.8) is 0 Å². The topological polar surface area (TPSA) is 82.9 Å². The fraction of sp³-hybridized carbons (Fsp3) is 0.261. The van der Waals surface area contributed by atoms with Crippen LogP contribution in [0.1, 0.15) is 5.56 Å². The molecule has 0 spiro atoms. The van der Waals surface area contributed by atoms with Gasteiger partial charge in [-0.05, 0) is 74.4 Å². The summed E-state index contributed by atoms with van der Waals surface area (Å²) in [6, 6.07) is 15.6. The van der Waals surface area contributed by atoms with Crippen LogP contribution < -0.4 is 9.64 Å². The molecule has 1 saturated heterocycles. The van der Waals surface area contributed by atoms with Gasteiger partial charge in [-0.15, -0.1) is 0 Å². The van der Waals surface area contributed by atoms with Gasteiger partial charge in [-0.1, -0.05) is 18.2 Å². The summed E-state index contributed by atoms with van der Waals surface area (Å²) in [6.07, 6.45) is 1.57. The second-order valence-corrected chi connectivity index (χ2v) is 8.98. The molecular weight excluding hydrogens is 589 g/mol. The van der Waals surface area contributed by atoms with E-state index in [0.29, 0.717) is 42.0 Å². The SMILES string of the molecule is COC(=O)COc1c(Br)cc(/C=C(/C#N)C(=O)N2CCN(c3ccccc3)CC2)cc1I. The summed E-state index contributed by atoms with van der Waals surface area (Å²) in [4.78, 5) is 28.2. The lowest BCUT2D eigenvalue weighted by Gasteiger charge is -2.36. The normalized spacial score (nSPS) is 14.0. The van der Waals surface area contributed by atoms with Gasteiger partial charge in [0.05, 0.1) is 15.2 Å². The molecule has 1 heterocycles. The third-order valence-electron chi connectivity index (χ3n) is 4.93. The molecule has 0 radical (unpaired) electrons. The van der Waals surface area contributed by atoms with Gasteiger partial charge < -0.3 is 19.3 Å². The largest absolute Gasteiger partial charge is 0.480 e. The molecule has 1 fully saturated rings. The molecular formula is C23H21BrIN3O4. The van der Waals surface area contributed by atoms with Gasteiger partial charge in [0.1, 0.15) is 17.4 Å². The average Bonchev–Trinajstić information content (AvgIpc) is 2.82. The highest BCUT2D eigenvalue weighted by molar-refractivity contribution is 14.1. The Morgan fingerprint density at radius 3 is 2.47 bits per heavy atom. The van der Waals surface area contributed by atoms with Crippen molar-refractivity contribution in [1.29, 1.82) is 5.26 Å². The lowest BCUT2D eigenvalue weighted by Crippen LogP contribution is -2.49. The van der Waals surface area contributed by atoms with Gasteiger partial charge in [0.25, 0.3) is 5.91 Å². The summed E-state index contributed by atoms with van der Waals surface area (Å²) >= 11 is 5.51. The number of piperazine rings is 1. The van der Waals surface area contributed by atoms with Crippen molar-refractivity contribution >= 4 is 62.2 Å². The maximum atomic E-state index is 13.0. The molecule has 0 saturated carbocycles. The van der Waals surface area contributed by atoms with Gasteiger partial charge in [0, 0.05) is 31.9 Å². The monoisotopic (exact) mass is 609 g/mol. The number of ether oxygens (including phenoxy) is 2. The minimum atomic E-state index is -0.485. The quantitative estimate of drug-likeness (QED) is 0.214. The zero-order valence-corrected chi connectivity index (χ0v) is 21.1. The Labute approximate surface area is 208 Å². The first-order chi connectivity index (χ1) is 15.4. The fourth-order valence-electron chi connectivity index (χ4n) is 3.28. The summed E-state index contributed by atoms with van der Waals surface area (Å²) in [6.45, 7) is 2.31. The van der Waals surface area contributed by atoms with E-state index in [0.717, 1.165) is 9.26 Å². The Kier molecular flexibility index (Phi) is 8.53. The molecule has 1 amide bonds. The lowest BCUT2D eigenvalue weighted by molar-refractivity contribution is -0.143. The van der Waals surface area contributed by atoms with E-state index in [2.05, 4.69) is 60.3 Å². The third-order valence-corrected chi connectivity index (χ3v) is 6.32. The minimum Gasteiger partial charge on any atom is -0.480 e. The molecule has 7 nitrogen and oxygen atoms in total. The first-order valence-electron chi connectivity index (χ1n) is 9.82. The van der Waals surface area contributed by atoms with Crippen molar-refractivity contribution in [2.24, 2.45) is 0 Å². The smallest absolute Gasteiger partial charge is 0.343 e. The molecule has 1 aliphatic rings. The van der Waals surface area contributed by atoms with E-state index in [1.165, 1.54) is 7.11 Å². The van der Waals surface area contributed by atoms with Crippen molar-refractivity contribution in [1.82, 2.24) is 4.90 Å². The van der Waals surface area contributed by atoms with Crippen LogP contribution in [0.2, 0.25) is 0 Å². The van der Waals surface area contributed by atoms with Crippen LogP contribution in [0.3, 0.4) is 0 Å². The van der Waals surface area contributed by atoms with Crippen molar-refractivity contribution in [2.75, 3.05) is 44.8 Å². The molecule has 0 atom stereocenters. The second kappa shape index (κ2) is 11.3. The van der Waals surface area contributed by atoms with Crippen molar-refractivity contribution in [3.05, 3.63) is 61.6 Å². The van der Waals surface area contributed by atoms with Crippen molar-refractivity contribution in [3.8, 4) is 11.8 Å². The summed E-state index contributed by atoms with van der Waals surface area (Å²) < 4.78 is 11.4. The van der Waals surface area contributed by atoms with E-state index in [1.807, 2.05) is 24.3 Å².